The van der Waals surface area contributed by atoms with E-state index in [2.05, 4.69) is 5.32 Å². The number of nitrogens with zero attached hydrogens (tertiary/aromatic N) is 1. The normalized spacial score (nSPS) is 16.6. The van der Waals surface area contributed by atoms with Gasteiger partial charge in [0.05, 0.1) is 5.69 Å². The van der Waals surface area contributed by atoms with E-state index in [1.54, 1.807) is 13.8 Å². The minimum atomic E-state index is -0.246. The van der Waals surface area contributed by atoms with E-state index in [0.717, 1.165) is 26.2 Å². The van der Waals surface area contributed by atoms with E-state index in [4.69, 9.17) is 0 Å². The molecule has 2 rings (SSSR count). The number of hydrogen-bond donors (Lipinski definition) is 2. The van der Waals surface area contributed by atoms with Crippen LogP contribution in [-0.2, 0) is 0 Å². The van der Waals surface area contributed by atoms with Gasteiger partial charge in [-0.2, -0.15) is 0 Å². The first-order valence-corrected chi connectivity index (χ1v) is 5.55. The third-order valence-electron chi connectivity index (χ3n) is 3.09. The minimum Gasteiger partial charge on any atom is -0.505 e. The standard InChI is InChI=1S/C12H17FN2O/c1-8-7-10(13)9(2)11(12(8)16)15-5-3-14-4-6-15/h7,14,16H,3-6H2,1-2H3. The zero-order chi connectivity index (χ0) is 11.7. The Morgan fingerprint density at radius 3 is 2.56 bits per heavy atom. The summed E-state index contributed by atoms with van der Waals surface area (Å²) >= 11 is 0. The Morgan fingerprint density at radius 1 is 1.31 bits per heavy atom. The van der Waals surface area contributed by atoms with Crippen LogP contribution in [0.2, 0.25) is 0 Å². The molecule has 1 aliphatic heterocycles. The highest BCUT2D eigenvalue weighted by atomic mass is 19.1. The van der Waals surface area contributed by atoms with Crippen LogP contribution in [0.4, 0.5) is 10.1 Å². The van der Waals surface area contributed by atoms with E-state index < -0.39 is 0 Å². The quantitative estimate of drug-likeness (QED) is 0.760. The predicted octanol–water partition coefficient (Wildman–Crippen LogP) is 1.56. The number of nitrogens with one attached hydrogen (secondary N) is 1. The molecule has 0 amide bonds. The molecule has 2 N–H and O–H groups in total. The number of piperazine rings is 1. The van der Waals surface area contributed by atoms with Gasteiger partial charge in [0.15, 0.2) is 0 Å². The molecular weight excluding hydrogens is 207 g/mol. The van der Waals surface area contributed by atoms with E-state index in [9.17, 15) is 9.50 Å². The summed E-state index contributed by atoms with van der Waals surface area (Å²) in [6.45, 7) is 6.78. The van der Waals surface area contributed by atoms with Crippen LogP contribution in [0, 0.1) is 19.7 Å². The fourth-order valence-electron chi connectivity index (χ4n) is 2.12. The average molecular weight is 224 g/mol. The van der Waals surface area contributed by atoms with Crippen molar-refractivity contribution in [2.24, 2.45) is 0 Å². The molecule has 1 aliphatic rings. The molecule has 0 atom stereocenters. The van der Waals surface area contributed by atoms with Crippen molar-refractivity contribution in [1.29, 1.82) is 0 Å². The van der Waals surface area contributed by atoms with Gasteiger partial charge in [-0.1, -0.05) is 0 Å². The van der Waals surface area contributed by atoms with Gasteiger partial charge in [-0.25, -0.2) is 4.39 Å². The van der Waals surface area contributed by atoms with Gasteiger partial charge in [-0.05, 0) is 25.5 Å². The topological polar surface area (TPSA) is 35.5 Å². The lowest BCUT2D eigenvalue weighted by molar-refractivity contribution is 0.462. The summed E-state index contributed by atoms with van der Waals surface area (Å²) in [4.78, 5) is 2.04. The maximum Gasteiger partial charge on any atom is 0.142 e. The summed E-state index contributed by atoms with van der Waals surface area (Å²) in [5, 5.41) is 13.3. The second-order valence-electron chi connectivity index (χ2n) is 4.23. The fourth-order valence-corrected chi connectivity index (χ4v) is 2.12. The van der Waals surface area contributed by atoms with Crippen molar-refractivity contribution in [3.63, 3.8) is 0 Å². The predicted molar refractivity (Wildman–Crippen MR) is 62.6 cm³/mol. The maximum absolute atomic E-state index is 13.6. The summed E-state index contributed by atoms with van der Waals surface area (Å²) in [6, 6.07) is 1.39. The highest BCUT2D eigenvalue weighted by Crippen LogP contribution is 2.35. The second kappa shape index (κ2) is 4.29. The Labute approximate surface area is 94.9 Å². The lowest BCUT2D eigenvalue weighted by Gasteiger charge is -2.31. The zero-order valence-corrected chi connectivity index (χ0v) is 9.68. The number of phenolic OH excluding ortho intramolecular Hbond substituents is 1. The molecule has 1 heterocycles. The van der Waals surface area contributed by atoms with E-state index in [-0.39, 0.29) is 11.6 Å². The maximum atomic E-state index is 13.6. The van der Waals surface area contributed by atoms with Crippen molar-refractivity contribution in [1.82, 2.24) is 5.32 Å². The highest BCUT2D eigenvalue weighted by Gasteiger charge is 2.20. The van der Waals surface area contributed by atoms with Crippen LogP contribution in [-0.4, -0.2) is 31.3 Å². The van der Waals surface area contributed by atoms with Gasteiger partial charge in [0.25, 0.3) is 0 Å². The Kier molecular flexibility index (Phi) is 3.01. The molecule has 1 aromatic carbocycles. The van der Waals surface area contributed by atoms with E-state index in [1.807, 2.05) is 4.90 Å². The van der Waals surface area contributed by atoms with Gasteiger partial charge < -0.3 is 15.3 Å². The number of halogens is 1. The largest absolute Gasteiger partial charge is 0.505 e. The second-order valence-corrected chi connectivity index (χ2v) is 4.23. The average Bonchev–Trinajstić information content (AvgIpc) is 2.28. The van der Waals surface area contributed by atoms with Crippen molar-refractivity contribution in [2.45, 2.75) is 13.8 Å². The molecule has 1 saturated heterocycles. The fraction of sp³-hybridized carbons (Fsp3) is 0.500. The molecule has 4 heteroatoms. The molecule has 16 heavy (non-hydrogen) atoms. The first kappa shape index (κ1) is 11.2. The molecule has 0 spiro atoms. The number of benzene rings is 1. The van der Waals surface area contributed by atoms with Crippen molar-refractivity contribution < 1.29 is 9.50 Å². The highest BCUT2D eigenvalue weighted by molar-refractivity contribution is 5.66. The van der Waals surface area contributed by atoms with Crippen LogP contribution in [0.25, 0.3) is 0 Å². The van der Waals surface area contributed by atoms with Gasteiger partial charge in [0.1, 0.15) is 11.6 Å². The van der Waals surface area contributed by atoms with Gasteiger partial charge in [-0.15, -0.1) is 0 Å². The molecule has 0 aromatic heterocycles. The van der Waals surface area contributed by atoms with E-state index >= 15 is 0 Å². The first-order valence-electron chi connectivity index (χ1n) is 5.55. The Hall–Kier alpha value is -1.29. The summed E-state index contributed by atoms with van der Waals surface area (Å²) in [5.41, 5.74) is 1.78. The lowest BCUT2D eigenvalue weighted by Crippen LogP contribution is -2.43. The van der Waals surface area contributed by atoms with Gasteiger partial charge >= 0.3 is 0 Å². The van der Waals surface area contributed by atoms with Crippen LogP contribution in [0.5, 0.6) is 5.75 Å². The summed E-state index contributed by atoms with van der Waals surface area (Å²) in [5.74, 6) is -0.0374. The molecule has 0 radical (unpaired) electrons. The summed E-state index contributed by atoms with van der Waals surface area (Å²) < 4.78 is 13.6. The first-order chi connectivity index (χ1) is 7.61. The lowest BCUT2D eigenvalue weighted by atomic mass is 10.1. The molecule has 1 fully saturated rings. The monoisotopic (exact) mass is 224 g/mol. The van der Waals surface area contributed by atoms with E-state index in [1.165, 1.54) is 6.07 Å². The number of rotatable bonds is 1. The van der Waals surface area contributed by atoms with Crippen LogP contribution in [0.15, 0.2) is 6.07 Å². The third kappa shape index (κ3) is 1.85. The van der Waals surface area contributed by atoms with Gasteiger partial charge in [-0.3, -0.25) is 0 Å². The summed E-state index contributed by atoms with van der Waals surface area (Å²) in [6.07, 6.45) is 0. The SMILES string of the molecule is Cc1cc(F)c(C)c(N2CCNCC2)c1O. The number of anilines is 1. The van der Waals surface area contributed by atoms with Crippen molar-refractivity contribution in [2.75, 3.05) is 31.1 Å². The molecule has 0 aliphatic carbocycles. The molecule has 1 aromatic rings. The number of aryl methyl sites for hydroxylation is 1. The summed E-state index contributed by atoms with van der Waals surface area (Å²) in [7, 11) is 0. The number of aromatic hydroxyl groups is 1. The molecule has 88 valence electrons. The molecule has 3 nitrogen and oxygen atoms in total. The minimum absolute atomic E-state index is 0.209. The molecule has 0 unspecified atom stereocenters. The van der Waals surface area contributed by atoms with Gasteiger partial charge in [0, 0.05) is 31.7 Å². The van der Waals surface area contributed by atoms with Crippen molar-refractivity contribution in [3.05, 3.63) is 23.0 Å². The van der Waals surface area contributed by atoms with Crippen LogP contribution >= 0.6 is 0 Å². The zero-order valence-electron chi connectivity index (χ0n) is 9.68. The van der Waals surface area contributed by atoms with Crippen LogP contribution in [0.3, 0.4) is 0 Å². The van der Waals surface area contributed by atoms with Crippen molar-refractivity contribution >= 4 is 5.69 Å². The van der Waals surface area contributed by atoms with Crippen LogP contribution < -0.4 is 10.2 Å². The van der Waals surface area contributed by atoms with Gasteiger partial charge in [0.2, 0.25) is 0 Å². The van der Waals surface area contributed by atoms with Crippen molar-refractivity contribution in [3.8, 4) is 5.75 Å². The Balaban J connectivity index is 2.45. The molecule has 0 saturated carbocycles. The smallest absolute Gasteiger partial charge is 0.142 e. The molecular formula is C12H17FN2O. The Bertz CT molecular complexity index is 374. The van der Waals surface area contributed by atoms with E-state index in [0.29, 0.717) is 16.8 Å². The number of phenols is 1. The molecule has 0 bridgehead atoms. The number of hydrogen-bond acceptors (Lipinski definition) is 3. The van der Waals surface area contributed by atoms with Crippen LogP contribution in [0.1, 0.15) is 11.1 Å². The third-order valence-corrected chi connectivity index (χ3v) is 3.09. The Morgan fingerprint density at radius 2 is 1.94 bits per heavy atom.